The van der Waals surface area contributed by atoms with Crippen molar-refractivity contribution < 1.29 is 39.0 Å². The van der Waals surface area contributed by atoms with E-state index in [4.69, 9.17) is 28.0 Å². The van der Waals surface area contributed by atoms with Gasteiger partial charge in [0.15, 0.2) is 5.96 Å². The number of carboxylic acid groups (broad SMARTS) is 2. The Morgan fingerprint density at radius 1 is 0.865 bits per heavy atom. The van der Waals surface area contributed by atoms with Crippen LogP contribution in [0.2, 0.25) is 0 Å². The molecule has 0 aliphatic heterocycles. The van der Waals surface area contributed by atoms with E-state index in [0.29, 0.717) is 12.8 Å². The van der Waals surface area contributed by atoms with Crippen molar-refractivity contribution in [2.75, 3.05) is 6.54 Å². The Balaban J connectivity index is 5.55. The highest BCUT2D eigenvalue weighted by atomic mass is 16.4. The predicted molar refractivity (Wildman–Crippen MR) is 131 cm³/mol. The molecule has 210 valence electrons. The van der Waals surface area contributed by atoms with E-state index in [1.807, 2.05) is 0 Å². The third-order valence-corrected chi connectivity index (χ3v) is 5.40. The largest absolute Gasteiger partial charge is 0.481 e. The molecular formula is C21H38N8O8. The van der Waals surface area contributed by atoms with Crippen molar-refractivity contribution in [3.63, 3.8) is 0 Å². The van der Waals surface area contributed by atoms with E-state index < -0.39 is 72.1 Å². The number of rotatable bonds is 18. The van der Waals surface area contributed by atoms with Gasteiger partial charge in [-0.3, -0.25) is 29.0 Å². The van der Waals surface area contributed by atoms with Crippen LogP contribution in [0.25, 0.3) is 0 Å². The van der Waals surface area contributed by atoms with Gasteiger partial charge in [-0.25, -0.2) is 4.79 Å². The van der Waals surface area contributed by atoms with Gasteiger partial charge in [0.05, 0.1) is 12.5 Å². The molecular weight excluding hydrogens is 492 g/mol. The smallest absolute Gasteiger partial charge is 0.326 e. The lowest BCUT2D eigenvalue weighted by atomic mass is 9.97. The number of amides is 4. The Morgan fingerprint density at radius 2 is 1.46 bits per heavy atom. The average molecular weight is 531 g/mol. The molecule has 5 atom stereocenters. The molecule has 16 nitrogen and oxygen atoms in total. The van der Waals surface area contributed by atoms with E-state index in [2.05, 4.69) is 20.9 Å². The third-order valence-electron chi connectivity index (χ3n) is 5.40. The summed E-state index contributed by atoms with van der Waals surface area (Å²) in [7, 11) is 0. The topological polar surface area (TPSA) is 295 Å². The maximum absolute atomic E-state index is 13.0. The molecule has 0 spiro atoms. The van der Waals surface area contributed by atoms with E-state index in [-0.39, 0.29) is 31.8 Å². The van der Waals surface area contributed by atoms with Crippen molar-refractivity contribution in [3.05, 3.63) is 0 Å². The predicted octanol–water partition coefficient (Wildman–Crippen LogP) is -3.31. The number of carboxylic acids is 2. The van der Waals surface area contributed by atoms with Crippen molar-refractivity contribution in [2.45, 2.75) is 76.5 Å². The molecule has 0 rings (SSSR count). The van der Waals surface area contributed by atoms with Gasteiger partial charge in [0.1, 0.15) is 18.1 Å². The maximum Gasteiger partial charge on any atom is 0.326 e. The van der Waals surface area contributed by atoms with Crippen LogP contribution in [0.1, 0.15) is 52.4 Å². The number of guanidine groups is 1. The summed E-state index contributed by atoms with van der Waals surface area (Å²) < 4.78 is 0. The average Bonchev–Trinajstić information content (AvgIpc) is 2.80. The van der Waals surface area contributed by atoms with Crippen LogP contribution in [-0.4, -0.2) is 82.5 Å². The van der Waals surface area contributed by atoms with Crippen LogP contribution in [0.15, 0.2) is 4.99 Å². The zero-order chi connectivity index (χ0) is 28.7. The van der Waals surface area contributed by atoms with E-state index in [0.717, 1.165) is 0 Å². The maximum atomic E-state index is 13.0. The molecule has 0 aromatic heterocycles. The fourth-order valence-electron chi connectivity index (χ4n) is 3.08. The lowest BCUT2D eigenvalue weighted by Crippen LogP contribution is -2.58. The van der Waals surface area contributed by atoms with E-state index in [1.54, 1.807) is 13.8 Å². The second-order valence-electron chi connectivity index (χ2n) is 8.49. The lowest BCUT2D eigenvalue weighted by molar-refractivity contribution is -0.147. The molecule has 4 amide bonds. The number of aliphatic imine (C=N–C) groups is 1. The fourth-order valence-corrected chi connectivity index (χ4v) is 3.08. The van der Waals surface area contributed by atoms with Gasteiger partial charge in [-0.15, -0.1) is 0 Å². The van der Waals surface area contributed by atoms with Crippen LogP contribution in [0, 0.1) is 5.92 Å². The third kappa shape index (κ3) is 13.6. The number of carbonyl (C=O) groups is 6. The molecule has 13 N–H and O–H groups in total. The van der Waals surface area contributed by atoms with Crippen LogP contribution in [0.4, 0.5) is 0 Å². The van der Waals surface area contributed by atoms with Crippen LogP contribution in [0.5, 0.6) is 0 Å². The van der Waals surface area contributed by atoms with Gasteiger partial charge in [0.2, 0.25) is 23.6 Å². The first-order valence-electron chi connectivity index (χ1n) is 11.6. The van der Waals surface area contributed by atoms with Crippen LogP contribution in [0.3, 0.4) is 0 Å². The zero-order valence-electron chi connectivity index (χ0n) is 20.9. The summed E-state index contributed by atoms with van der Waals surface area (Å²) in [6.07, 6.45) is -0.390. The first kappa shape index (κ1) is 33.0. The summed E-state index contributed by atoms with van der Waals surface area (Å²) in [5, 5.41) is 25.1. The molecule has 0 bridgehead atoms. The molecule has 16 heteroatoms. The quantitative estimate of drug-likeness (QED) is 0.0480. The number of aliphatic carboxylic acids is 2. The zero-order valence-corrected chi connectivity index (χ0v) is 20.9. The number of nitrogens with zero attached hydrogens (tertiary/aromatic N) is 1. The van der Waals surface area contributed by atoms with Crippen molar-refractivity contribution in [1.29, 1.82) is 0 Å². The number of nitrogens with one attached hydrogen (secondary N) is 3. The van der Waals surface area contributed by atoms with E-state index in [9.17, 15) is 33.9 Å². The highest BCUT2D eigenvalue weighted by Gasteiger charge is 2.33. The van der Waals surface area contributed by atoms with Gasteiger partial charge >= 0.3 is 11.9 Å². The second-order valence-corrected chi connectivity index (χ2v) is 8.49. The summed E-state index contributed by atoms with van der Waals surface area (Å²) >= 11 is 0. The normalized spacial score (nSPS) is 14.7. The Bertz CT molecular complexity index is 861. The van der Waals surface area contributed by atoms with Gasteiger partial charge in [-0.1, -0.05) is 20.3 Å². The van der Waals surface area contributed by atoms with Crippen LogP contribution >= 0.6 is 0 Å². The van der Waals surface area contributed by atoms with Crippen molar-refractivity contribution >= 4 is 41.5 Å². The molecule has 0 fully saturated rings. The molecule has 0 aliphatic carbocycles. The molecule has 5 unspecified atom stereocenters. The summed E-state index contributed by atoms with van der Waals surface area (Å²) in [5.41, 5.74) is 21.5. The molecule has 0 saturated carbocycles. The summed E-state index contributed by atoms with van der Waals surface area (Å²) in [6.45, 7) is 3.57. The molecule has 0 aromatic rings. The van der Waals surface area contributed by atoms with Gasteiger partial charge in [0, 0.05) is 13.0 Å². The van der Waals surface area contributed by atoms with E-state index in [1.165, 1.54) is 0 Å². The highest BCUT2D eigenvalue weighted by Crippen LogP contribution is 2.11. The number of nitrogens with two attached hydrogens (primary N) is 4. The summed E-state index contributed by atoms with van der Waals surface area (Å²) in [6, 6.07) is -5.32. The summed E-state index contributed by atoms with van der Waals surface area (Å²) in [5.74, 6) is -6.83. The Morgan fingerprint density at radius 3 is 1.95 bits per heavy atom. The number of hydrogen-bond donors (Lipinski definition) is 9. The SMILES string of the molecule is CCC(C)C(NC(=O)C(CCC(N)=O)NC(=O)C(N)CCCN=C(N)N)C(=O)NC(CC(=O)O)C(=O)O. The van der Waals surface area contributed by atoms with Gasteiger partial charge in [0.25, 0.3) is 0 Å². The summed E-state index contributed by atoms with van der Waals surface area (Å²) in [4.78, 5) is 75.7. The number of primary amides is 1. The van der Waals surface area contributed by atoms with E-state index >= 15 is 0 Å². The molecule has 37 heavy (non-hydrogen) atoms. The Kier molecular flexibility index (Phi) is 14.9. The first-order valence-corrected chi connectivity index (χ1v) is 11.6. The minimum Gasteiger partial charge on any atom is -0.481 e. The fraction of sp³-hybridized carbons (Fsp3) is 0.667. The van der Waals surface area contributed by atoms with Gasteiger partial charge in [-0.05, 0) is 25.2 Å². The van der Waals surface area contributed by atoms with Crippen LogP contribution < -0.4 is 38.9 Å². The van der Waals surface area contributed by atoms with Crippen molar-refractivity contribution in [3.8, 4) is 0 Å². The standard InChI is InChI=1S/C21H38N8O8/c1-3-10(2)16(19(35)28-13(20(36)37)9-15(31)32)29-18(34)12(6-7-14(23)30)27-17(33)11(22)5-4-8-26-21(24)25/h10-13,16H,3-9,22H2,1-2H3,(H2,23,30)(H,27,33)(H,28,35)(H,29,34)(H,31,32)(H,36,37)(H4,24,25,26). The molecule has 0 radical (unpaired) electrons. The second kappa shape index (κ2) is 16.7. The van der Waals surface area contributed by atoms with Gasteiger partial charge < -0.3 is 49.1 Å². The molecule has 0 aromatic carbocycles. The minimum absolute atomic E-state index is 0.112. The Labute approximate surface area is 214 Å². The van der Waals surface area contributed by atoms with Gasteiger partial charge in [-0.2, -0.15) is 0 Å². The Hall–Kier alpha value is -3.95. The lowest BCUT2D eigenvalue weighted by Gasteiger charge is -2.28. The monoisotopic (exact) mass is 530 g/mol. The number of carbonyl (C=O) groups excluding carboxylic acids is 4. The molecule has 0 aliphatic rings. The molecule has 0 heterocycles. The van der Waals surface area contributed by atoms with Crippen molar-refractivity contribution in [2.24, 2.45) is 33.8 Å². The highest BCUT2D eigenvalue weighted by molar-refractivity contribution is 5.95. The minimum atomic E-state index is -1.73. The van der Waals surface area contributed by atoms with Crippen molar-refractivity contribution in [1.82, 2.24) is 16.0 Å². The number of hydrogen-bond acceptors (Lipinski definition) is 8. The first-order chi connectivity index (χ1) is 17.2. The van der Waals surface area contributed by atoms with Crippen LogP contribution in [-0.2, 0) is 28.8 Å². The molecule has 0 saturated heterocycles.